The Hall–Kier alpha value is -4.36. The predicted molar refractivity (Wildman–Crippen MR) is 137 cm³/mol. The molecule has 1 fully saturated rings. The fourth-order valence-electron chi connectivity index (χ4n) is 3.85. The van der Waals surface area contributed by atoms with Crippen LogP contribution in [0.25, 0.3) is 4.85 Å². The SMILES string of the molecule is [C-]#[N+]c1cnc(Nc2ccc(OC)c(N3CCN(C)CC3)c2)nc1Nc1ccccc1C(=O)NC. The van der Waals surface area contributed by atoms with Crippen molar-refractivity contribution in [1.82, 2.24) is 20.2 Å². The molecule has 3 N–H and O–H groups in total. The normalized spacial score (nSPS) is 13.6. The number of methoxy groups -OCH3 is 1. The molecule has 3 aromatic rings. The Labute approximate surface area is 204 Å². The summed E-state index contributed by atoms with van der Waals surface area (Å²) in [7, 11) is 5.36. The number of nitrogens with one attached hydrogen (secondary N) is 3. The topological polar surface area (TPSA) is 99.0 Å². The molecule has 2 aromatic carbocycles. The first-order valence-corrected chi connectivity index (χ1v) is 11.2. The van der Waals surface area contributed by atoms with Gasteiger partial charge in [0.05, 0.1) is 30.6 Å². The van der Waals surface area contributed by atoms with Crippen molar-refractivity contribution >= 4 is 40.4 Å². The van der Waals surface area contributed by atoms with Crippen molar-refractivity contribution in [2.75, 3.05) is 62.9 Å². The zero-order chi connectivity index (χ0) is 24.8. The van der Waals surface area contributed by atoms with Gasteiger partial charge in [-0.25, -0.2) is 14.8 Å². The van der Waals surface area contributed by atoms with Crippen molar-refractivity contribution in [2.45, 2.75) is 0 Å². The van der Waals surface area contributed by atoms with Crippen LogP contribution < -0.4 is 25.6 Å². The van der Waals surface area contributed by atoms with Gasteiger partial charge in [-0.1, -0.05) is 12.1 Å². The first kappa shape index (κ1) is 23.8. The zero-order valence-corrected chi connectivity index (χ0v) is 20.0. The molecule has 0 bridgehead atoms. The van der Waals surface area contributed by atoms with E-state index in [0.717, 1.165) is 43.3 Å². The summed E-state index contributed by atoms with van der Waals surface area (Å²) in [6.45, 7) is 11.3. The number of benzene rings is 2. The van der Waals surface area contributed by atoms with Gasteiger partial charge in [-0.05, 0) is 37.4 Å². The van der Waals surface area contributed by atoms with Gasteiger partial charge in [0.25, 0.3) is 5.91 Å². The molecule has 1 saturated heterocycles. The summed E-state index contributed by atoms with van der Waals surface area (Å²) in [5.41, 5.74) is 3.04. The number of nitrogens with zero attached hydrogens (tertiary/aromatic N) is 5. The highest BCUT2D eigenvalue weighted by molar-refractivity contribution is 6.00. The number of aromatic nitrogens is 2. The number of hydrogen-bond donors (Lipinski definition) is 3. The van der Waals surface area contributed by atoms with Gasteiger partial charge in [-0.15, -0.1) is 0 Å². The number of ether oxygens (including phenoxy) is 1. The van der Waals surface area contributed by atoms with Crippen LogP contribution in [-0.4, -0.2) is 68.2 Å². The molecule has 10 heteroatoms. The molecule has 10 nitrogen and oxygen atoms in total. The van der Waals surface area contributed by atoms with Gasteiger partial charge in [0.1, 0.15) is 11.6 Å². The van der Waals surface area contributed by atoms with Gasteiger partial charge < -0.3 is 30.5 Å². The summed E-state index contributed by atoms with van der Waals surface area (Å²) < 4.78 is 5.60. The molecule has 4 rings (SSSR count). The molecule has 0 saturated carbocycles. The Morgan fingerprint density at radius 1 is 1.11 bits per heavy atom. The molecule has 1 aromatic heterocycles. The predicted octanol–water partition coefficient (Wildman–Crippen LogP) is 3.63. The smallest absolute Gasteiger partial charge is 0.253 e. The first-order valence-electron chi connectivity index (χ1n) is 11.2. The molecule has 35 heavy (non-hydrogen) atoms. The third kappa shape index (κ3) is 5.42. The minimum atomic E-state index is -0.237. The Balaban J connectivity index is 1.61. The van der Waals surface area contributed by atoms with Crippen LogP contribution in [0.4, 0.5) is 34.5 Å². The Kier molecular flexibility index (Phi) is 7.28. The number of para-hydroxylation sites is 1. The summed E-state index contributed by atoms with van der Waals surface area (Å²) in [6, 6.07) is 12.9. The van der Waals surface area contributed by atoms with E-state index in [0.29, 0.717) is 23.0 Å². The zero-order valence-electron chi connectivity index (χ0n) is 20.0. The van der Waals surface area contributed by atoms with Crippen LogP contribution in [0.15, 0.2) is 48.7 Å². The lowest BCUT2D eigenvalue weighted by molar-refractivity contribution is 0.0964. The quantitative estimate of drug-likeness (QED) is 0.449. The molecule has 0 unspecified atom stereocenters. The number of likely N-dealkylation sites (N-methyl/N-ethyl adjacent to an activating group) is 1. The van der Waals surface area contributed by atoms with E-state index in [1.807, 2.05) is 24.3 Å². The van der Waals surface area contributed by atoms with Crippen molar-refractivity contribution < 1.29 is 9.53 Å². The number of piperazine rings is 1. The molecule has 0 spiro atoms. The maximum Gasteiger partial charge on any atom is 0.253 e. The fraction of sp³-hybridized carbons (Fsp3) is 0.280. The number of carbonyl (C=O) groups excluding carboxylic acids is 1. The van der Waals surface area contributed by atoms with E-state index in [1.54, 1.807) is 32.4 Å². The van der Waals surface area contributed by atoms with Gasteiger partial charge in [-0.3, -0.25) is 4.79 Å². The monoisotopic (exact) mass is 472 g/mol. The maximum atomic E-state index is 12.2. The van der Waals surface area contributed by atoms with Crippen molar-refractivity contribution in [2.24, 2.45) is 0 Å². The molecule has 0 atom stereocenters. The second-order valence-corrected chi connectivity index (χ2v) is 8.09. The van der Waals surface area contributed by atoms with Gasteiger partial charge in [-0.2, -0.15) is 0 Å². The van der Waals surface area contributed by atoms with E-state index in [-0.39, 0.29) is 11.6 Å². The minimum Gasteiger partial charge on any atom is -0.495 e. The van der Waals surface area contributed by atoms with Crippen LogP contribution in [0.1, 0.15) is 10.4 Å². The number of anilines is 5. The van der Waals surface area contributed by atoms with Gasteiger partial charge in [0, 0.05) is 45.1 Å². The average Bonchev–Trinajstić information content (AvgIpc) is 2.89. The molecule has 0 radical (unpaired) electrons. The van der Waals surface area contributed by atoms with Crippen LogP contribution in [0.3, 0.4) is 0 Å². The Morgan fingerprint density at radius 2 is 1.89 bits per heavy atom. The standard InChI is InChI=1S/C25H28N8O2/c1-26-20-16-28-25(31-23(20)30-19-8-6-5-7-18(19)24(34)27-2)29-17-9-10-22(35-4)21(15-17)33-13-11-32(3)12-14-33/h5-10,15-16H,11-14H2,2-4H3,(H,27,34)(H2,28,29,30,31). The van der Waals surface area contributed by atoms with Crippen LogP contribution >= 0.6 is 0 Å². The number of carbonyl (C=O) groups is 1. The van der Waals surface area contributed by atoms with Crippen molar-refractivity contribution in [3.8, 4) is 5.75 Å². The maximum absolute atomic E-state index is 12.2. The summed E-state index contributed by atoms with van der Waals surface area (Å²) in [5, 5.41) is 8.98. The molecular weight excluding hydrogens is 444 g/mol. The first-order chi connectivity index (χ1) is 17.0. The molecule has 180 valence electrons. The molecular formula is C25H28N8O2. The lowest BCUT2D eigenvalue weighted by Gasteiger charge is -2.34. The summed E-state index contributed by atoms with van der Waals surface area (Å²) >= 11 is 0. The van der Waals surface area contributed by atoms with Crippen LogP contribution in [-0.2, 0) is 0 Å². The second-order valence-electron chi connectivity index (χ2n) is 8.09. The van der Waals surface area contributed by atoms with Crippen LogP contribution in [0.2, 0.25) is 0 Å². The third-order valence-electron chi connectivity index (χ3n) is 5.82. The highest BCUT2D eigenvalue weighted by Crippen LogP contribution is 2.34. The summed E-state index contributed by atoms with van der Waals surface area (Å²) in [4.78, 5) is 29.2. The van der Waals surface area contributed by atoms with Gasteiger partial charge in [0.15, 0.2) is 0 Å². The minimum absolute atomic E-state index is 0.237. The molecule has 2 heterocycles. The largest absolute Gasteiger partial charge is 0.495 e. The van der Waals surface area contributed by atoms with Gasteiger partial charge in [0.2, 0.25) is 11.6 Å². The van der Waals surface area contributed by atoms with E-state index >= 15 is 0 Å². The van der Waals surface area contributed by atoms with Crippen molar-refractivity contribution in [3.63, 3.8) is 0 Å². The van der Waals surface area contributed by atoms with E-state index in [4.69, 9.17) is 11.3 Å². The second kappa shape index (κ2) is 10.7. The average molecular weight is 473 g/mol. The van der Waals surface area contributed by atoms with Crippen molar-refractivity contribution in [1.29, 1.82) is 0 Å². The van der Waals surface area contributed by atoms with Crippen LogP contribution in [0.5, 0.6) is 5.75 Å². The van der Waals surface area contributed by atoms with E-state index < -0.39 is 0 Å². The molecule has 1 amide bonds. The van der Waals surface area contributed by atoms with E-state index in [2.05, 4.69) is 47.6 Å². The number of hydrogen-bond acceptors (Lipinski definition) is 8. The molecule has 0 aliphatic carbocycles. The summed E-state index contributed by atoms with van der Waals surface area (Å²) in [5.74, 6) is 1.20. The number of amides is 1. The lowest BCUT2D eigenvalue weighted by Crippen LogP contribution is -2.44. The third-order valence-corrected chi connectivity index (χ3v) is 5.82. The highest BCUT2D eigenvalue weighted by atomic mass is 16.5. The lowest BCUT2D eigenvalue weighted by atomic mass is 10.1. The Morgan fingerprint density at radius 3 is 2.60 bits per heavy atom. The fourth-order valence-corrected chi connectivity index (χ4v) is 3.85. The van der Waals surface area contributed by atoms with Gasteiger partial charge >= 0.3 is 0 Å². The highest BCUT2D eigenvalue weighted by Gasteiger charge is 2.19. The van der Waals surface area contributed by atoms with E-state index in [1.165, 1.54) is 6.20 Å². The van der Waals surface area contributed by atoms with Crippen molar-refractivity contribution in [3.05, 3.63) is 65.6 Å². The Bertz CT molecular complexity index is 1250. The summed E-state index contributed by atoms with van der Waals surface area (Å²) in [6.07, 6.45) is 1.46. The number of rotatable bonds is 7. The van der Waals surface area contributed by atoms with Crippen LogP contribution in [0, 0.1) is 6.57 Å². The molecule has 1 aliphatic rings. The molecule has 1 aliphatic heterocycles. The van der Waals surface area contributed by atoms with E-state index in [9.17, 15) is 4.79 Å².